The number of rotatable bonds is 1. The predicted molar refractivity (Wildman–Crippen MR) is 55.0 cm³/mol. The van der Waals surface area contributed by atoms with Gasteiger partial charge in [0.15, 0.2) is 0 Å². The van der Waals surface area contributed by atoms with Gasteiger partial charge in [0.25, 0.3) is 0 Å². The summed E-state index contributed by atoms with van der Waals surface area (Å²) in [5.41, 5.74) is 2.81. The second kappa shape index (κ2) is 3.37. The summed E-state index contributed by atoms with van der Waals surface area (Å²) in [6, 6.07) is 6.13. The molecule has 1 aromatic carbocycles. The number of fused-ring (bicyclic) bond motifs is 1. The number of aliphatic hydroxyl groups is 1. The first kappa shape index (κ1) is 9.69. The molecular weight excluding hydrogens is 176 g/mol. The zero-order valence-electron chi connectivity index (χ0n) is 8.71. The largest absolute Gasteiger partial charge is 0.386 e. The number of hydrogen-bond acceptors (Lipinski definition) is 2. The van der Waals surface area contributed by atoms with Crippen LogP contribution < -0.4 is 0 Å². The van der Waals surface area contributed by atoms with E-state index in [4.69, 9.17) is 4.74 Å². The molecule has 0 bridgehead atoms. The molecule has 1 heterocycles. The van der Waals surface area contributed by atoms with Gasteiger partial charge in [-0.25, -0.2) is 0 Å². The molecule has 0 spiro atoms. The highest BCUT2D eigenvalue weighted by Gasteiger charge is 2.18. The Hall–Kier alpha value is -0.860. The van der Waals surface area contributed by atoms with E-state index in [1.165, 1.54) is 11.1 Å². The zero-order valence-corrected chi connectivity index (χ0v) is 8.71. The maximum Gasteiger partial charge on any atom is 0.0840 e. The van der Waals surface area contributed by atoms with Crippen molar-refractivity contribution >= 4 is 0 Å². The molecule has 2 heteroatoms. The van der Waals surface area contributed by atoms with Crippen LogP contribution in [0.2, 0.25) is 0 Å². The lowest BCUT2D eigenvalue weighted by atomic mass is 9.92. The highest BCUT2D eigenvalue weighted by atomic mass is 16.5. The van der Waals surface area contributed by atoms with Gasteiger partial charge in [0, 0.05) is 0 Å². The Morgan fingerprint density at radius 1 is 1.29 bits per heavy atom. The lowest BCUT2D eigenvalue weighted by Gasteiger charge is -2.22. The van der Waals surface area contributed by atoms with Crippen LogP contribution in [0.1, 0.15) is 30.5 Å². The van der Waals surface area contributed by atoms with Crippen molar-refractivity contribution in [2.45, 2.75) is 32.5 Å². The zero-order chi connectivity index (χ0) is 10.2. The molecule has 1 aliphatic rings. The fraction of sp³-hybridized carbons (Fsp3) is 0.500. The average Bonchev–Trinajstić information content (AvgIpc) is 2.16. The number of ether oxygens (including phenoxy) is 1. The predicted octanol–water partition coefficient (Wildman–Crippen LogP) is 1.99. The van der Waals surface area contributed by atoms with Crippen molar-refractivity contribution in [2.24, 2.45) is 0 Å². The summed E-state index contributed by atoms with van der Waals surface area (Å²) in [6.45, 7) is 5.13. The molecule has 0 saturated carbocycles. The standard InChI is InChI=1S/C12H16O2/c1-12(2,13)11-4-3-10-8-14-6-5-9(10)7-11/h3-4,7,13H,5-6,8H2,1-2H3. The molecule has 0 saturated heterocycles. The Bertz CT molecular complexity index is 337. The van der Waals surface area contributed by atoms with Gasteiger partial charge in [0.2, 0.25) is 0 Å². The summed E-state index contributed by atoms with van der Waals surface area (Å²) in [5.74, 6) is 0. The molecule has 0 radical (unpaired) electrons. The topological polar surface area (TPSA) is 29.5 Å². The number of benzene rings is 1. The van der Waals surface area contributed by atoms with Crippen LogP contribution in [-0.2, 0) is 23.4 Å². The van der Waals surface area contributed by atoms with Crippen LogP contribution >= 0.6 is 0 Å². The lowest BCUT2D eigenvalue weighted by Crippen LogP contribution is -2.17. The molecule has 0 atom stereocenters. The molecule has 76 valence electrons. The van der Waals surface area contributed by atoms with E-state index in [-0.39, 0.29) is 0 Å². The lowest BCUT2D eigenvalue weighted by molar-refractivity contribution is 0.0776. The van der Waals surface area contributed by atoms with Crippen LogP contribution in [0.15, 0.2) is 18.2 Å². The van der Waals surface area contributed by atoms with Gasteiger partial charge in [-0.3, -0.25) is 0 Å². The van der Waals surface area contributed by atoms with Gasteiger partial charge in [-0.2, -0.15) is 0 Å². The van der Waals surface area contributed by atoms with Gasteiger partial charge in [-0.15, -0.1) is 0 Å². The molecule has 0 amide bonds. The Morgan fingerprint density at radius 2 is 2.07 bits per heavy atom. The molecule has 0 fully saturated rings. The molecular formula is C12H16O2. The quantitative estimate of drug-likeness (QED) is 0.737. The molecule has 1 aromatic rings. The van der Waals surface area contributed by atoms with E-state index < -0.39 is 5.60 Å². The van der Waals surface area contributed by atoms with Crippen molar-refractivity contribution in [3.8, 4) is 0 Å². The van der Waals surface area contributed by atoms with Gasteiger partial charge in [-0.1, -0.05) is 18.2 Å². The molecule has 0 unspecified atom stereocenters. The first-order chi connectivity index (χ1) is 6.57. The van der Waals surface area contributed by atoms with Crippen molar-refractivity contribution < 1.29 is 9.84 Å². The van der Waals surface area contributed by atoms with E-state index in [1.54, 1.807) is 0 Å². The maximum absolute atomic E-state index is 9.86. The summed E-state index contributed by atoms with van der Waals surface area (Å²) in [6.07, 6.45) is 0.958. The van der Waals surface area contributed by atoms with Crippen LogP contribution in [0.5, 0.6) is 0 Å². The molecule has 14 heavy (non-hydrogen) atoms. The van der Waals surface area contributed by atoms with Crippen LogP contribution in [-0.4, -0.2) is 11.7 Å². The molecule has 1 N–H and O–H groups in total. The average molecular weight is 192 g/mol. The Balaban J connectivity index is 2.39. The van der Waals surface area contributed by atoms with E-state index in [9.17, 15) is 5.11 Å². The third kappa shape index (κ3) is 1.81. The smallest absolute Gasteiger partial charge is 0.0840 e. The van der Waals surface area contributed by atoms with E-state index in [1.807, 2.05) is 19.9 Å². The van der Waals surface area contributed by atoms with Crippen molar-refractivity contribution in [1.82, 2.24) is 0 Å². The fourth-order valence-corrected chi connectivity index (χ4v) is 1.74. The highest BCUT2D eigenvalue weighted by molar-refractivity contribution is 5.35. The van der Waals surface area contributed by atoms with E-state index in [0.717, 1.165) is 18.6 Å². The Morgan fingerprint density at radius 3 is 2.79 bits per heavy atom. The van der Waals surface area contributed by atoms with E-state index >= 15 is 0 Å². The summed E-state index contributed by atoms with van der Waals surface area (Å²) in [4.78, 5) is 0. The van der Waals surface area contributed by atoms with Gasteiger partial charge in [0.1, 0.15) is 0 Å². The highest BCUT2D eigenvalue weighted by Crippen LogP contribution is 2.25. The monoisotopic (exact) mass is 192 g/mol. The Labute approximate surface area is 84.5 Å². The van der Waals surface area contributed by atoms with Crippen molar-refractivity contribution in [1.29, 1.82) is 0 Å². The second-order valence-corrected chi connectivity index (χ2v) is 4.35. The first-order valence-electron chi connectivity index (χ1n) is 5.00. The minimum Gasteiger partial charge on any atom is -0.386 e. The molecule has 1 aliphatic heterocycles. The fourth-order valence-electron chi connectivity index (χ4n) is 1.74. The van der Waals surface area contributed by atoms with Crippen molar-refractivity contribution in [3.63, 3.8) is 0 Å². The van der Waals surface area contributed by atoms with E-state index in [2.05, 4.69) is 12.1 Å². The van der Waals surface area contributed by atoms with Crippen molar-refractivity contribution in [3.05, 3.63) is 34.9 Å². The van der Waals surface area contributed by atoms with Gasteiger partial charge in [-0.05, 0) is 37.0 Å². The van der Waals surface area contributed by atoms with Crippen molar-refractivity contribution in [2.75, 3.05) is 6.61 Å². The second-order valence-electron chi connectivity index (χ2n) is 4.35. The minimum atomic E-state index is -0.743. The molecule has 2 nitrogen and oxygen atoms in total. The SMILES string of the molecule is CC(C)(O)c1ccc2c(c1)CCOC2. The maximum atomic E-state index is 9.86. The van der Waals surface area contributed by atoms with Crippen LogP contribution in [0.4, 0.5) is 0 Å². The summed E-state index contributed by atoms with van der Waals surface area (Å²) in [5, 5.41) is 9.86. The molecule has 0 aliphatic carbocycles. The van der Waals surface area contributed by atoms with Crippen LogP contribution in [0.25, 0.3) is 0 Å². The normalized spacial score (nSPS) is 16.5. The first-order valence-corrected chi connectivity index (χ1v) is 5.00. The third-order valence-corrected chi connectivity index (χ3v) is 2.69. The van der Waals surface area contributed by atoms with Gasteiger partial charge in [0.05, 0.1) is 18.8 Å². The summed E-state index contributed by atoms with van der Waals surface area (Å²) < 4.78 is 5.36. The molecule has 0 aromatic heterocycles. The van der Waals surface area contributed by atoms with E-state index in [0.29, 0.717) is 6.61 Å². The van der Waals surface area contributed by atoms with Gasteiger partial charge >= 0.3 is 0 Å². The summed E-state index contributed by atoms with van der Waals surface area (Å²) >= 11 is 0. The van der Waals surface area contributed by atoms with Crippen LogP contribution in [0, 0.1) is 0 Å². The third-order valence-electron chi connectivity index (χ3n) is 2.69. The molecule has 2 rings (SSSR count). The summed E-state index contributed by atoms with van der Waals surface area (Å²) in [7, 11) is 0. The number of hydrogen-bond donors (Lipinski definition) is 1. The van der Waals surface area contributed by atoms with Crippen LogP contribution in [0.3, 0.4) is 0 Å². The van der Waals surface area contributed by atoms with Gasteiger partial charge < -0.3 is 9.84 Å². The minimum absolute atomic E-state index is 0.710. The Kier molecular flexibility index (Phi) is 2.33.